The van der Waals surface area contributed by atoms with E-state index in [1.54, 1.807) is 18.3 Å². The predicted molar refractivity (Wildman–Crippen MR) is 158 cm³/mol. The van der Waals surface area contributed by atoms with Crippen molar-refractivity contribution in [1.82, 2.24) is 9.29 Å². The summed E-state index contributed by atoms with van der Waals surface area (Å²) in [4.78, 5) is 3.59. The summed E-state index contributed by atoms with van der Waals surface area (Å²) in [7, 11) is -3.55. The fourth-order valence-electron chi connectivity index (χ4n) is 5.08. The van der Waals surface area contributed by atoms with Crippen LogP contribution in [0.1, 0.15) is 57.0 Å². The highest BCUT2D eigenvalue weighted by Crippen LogP contribution is 2.37. The molecule has 38 heavy (non-hydrogen) atoms. The van der Waals surface area contributed by atoms with Crippen LogP contribution in [-0.2, 0) is 10.0 Å². The zero-order valence-electron chi connectivity index (χ0n) is 23.5. The molecule has 1 N–H and O–H groups in total. The van der Waals surface area contributed by atoms with Gasteiger partial charge in [0.1, 0.15) is 0 Å². The van der Waals surface area contributed by atoms with E-state index in [0.29, 0.717) is 11.3 Å². The third kappa shape index (κ3) is 5.63. The number of hydrogen-bond acceptors (Lipinski definition) is 2. The van der Waals surface area contributed by atoms with Crippen LogP contribution in [0.2, 0.25) is 0 Å². The van der Waals surface area contributed by atoms with Gasteiger partial charge in [0.2, 0.25) is 0 Å². The van der Waals surface area contributed by atoms with Gasteiger partial charge in [-0.15, -0.1) is 0 Å². The smallest absolute Gasteiger partial charge is 0.264 e. The van der Waals surface area contributed by atoms with Gasteiger partial charge in [-0.2, -0.15) is 0 Å². The van der Waals surface area contributed by atoms with Gasteiger partial charge in [0, 0.05) is 23.7 Å². The number of hydrogen-bond donors (Lipinski definition) is 1. The van der Waals surface area contributed by atoms with Crippen LogP contribution in [0, 0.1) is 48.5 Å². The normalized spacial score (nSPS) is 14.9. The van der Waals surface area contributed by atoms with E-state index in [4.69, 9.17) is 0 Å². The van der Waals surface area contributed by atoms with E-state index in [2.05, 4.69) is 76.9 Å². The van der Waals surface area contributed by atoms with Gasteiger partial charge >= 0.3 is 0 Å². The summed E-state index contributed by atoms with van der Waals surface area (Å²) in [6, 6.07) is 19.7. The number of aryl methyl sites for hydroxylation is 5. The molecule has 4 nitrogen and oxygen atoms in total. The largest absolute Gasteiger partial charge is 0.361 e. The highest BCUT2D eigenvalue weighted by atomic mass is 32.2. The summed E-state index contributed by atoms with van der Waals surface area (Å²) in [5.74, 6) is 0. The Morgan fingerprint density at radius 3 is 2.03 bits per heavy atom. The second-order valence-electron chi connectivity index (χ2n) is 10.4. The molecule has 4 aromatic rings. The Bertz CT molecular complexity index is 1560. The van der Waals surface area contributed by atoms with Crippen LogP contribution in [-0.4, -0.2) is 17.7 Å². The summed E-state index contributed by atoms with van der Waals surface area (Å²) in [6.45, 7) is 14.6. The summed E-state index contributed by atoms with van der Waals surface area (Å²) < 4.78 is 27.7. The van der Waals surface area contributed by atoms with Gasteiger partial charge in [-0.1, -0.05) is 53.1 Å². The number of sulfonamides is 1. The average molecular weight is 527 g/mol. The quantitative estimate of drug-likeness (QED) is 0.291. The average Bonchev–Trinajstić information content (AvgIpc) is 3.57. The van der Waals surface area contributed by atoms with Crippen LogP contribution >= 0.6 is 0 Å². The number of aromatic amines is 1. The zero-order valence-corrected chi connectivity index (χ0v) is 24.3. The molecular formula is C33H38N2O2S. The van der Waals surface area contributed by atoms with Crippen molar-refractivity contribution in [1.29, 1.82) is 0 Å². The molecule has 3 aromatic carbocycles. The van der Waals surface area contributed by atoms with Gasteiger partial charge < -0.3 is 4.98 Å². The molecule has 0 fully saturated rings. The molecule has 1 unspecified atom stereocenters. The second-order valence-corrected chi connectivity index (χ2v) is 12.3. The molecule has 1 aromatic heterocycles. The Morgan fingerprint density at radius 1 is 0.763 bits per heavy atom. The lowest BCUT2D eigenvalue weighted by Crippen LogP contribution is -2.28. The molecule has 5 rings (SSSR count). The fourth-order valence-corrected chi connectivity index (χ4v) is 6.59. The molecule has 0 radical (unpaired) electrons. The standard InChI is InChI=1S/C20H23NO2S.C13H15N/c1-14-7-9-18(10-8-14)24(22,23)21-11-5-6-20(21)19-13-15(2)12-16(3)17(19)4;1-9-7-10(2)11(3)12(8-9)13-5-4-6-14-13/h5,7-13,20H,6H2,1-4H3;4-8,14H,1-3H3. The number of rotatable bonds is 4. The van der Waals surface area contributed by atoms with Crippen LogP contribution in [0.4, 0.5) is 0 Å². The Labute approximate surface area is 228 Å². The summed E-state index contributed by atoms with van der Waals surface area (Å²) in [5, 5.41) is 0. The molecule has 0 aliphatic carbocycles. The van der Waals surface area contributed by atoms with Gasteiger partial charge in [0.15, 0.2) is 0 Å². The Morgan fingerprint density at radius 2 is 1.39 bits per heavy atom. The van der Waals surface area contributed by atoms with Gasteiger partial charge in [-0.05, 0) is 113 Å². The number of aromatic nitrogens is 1. The number of benzene rings is 3. The lowest BCUT2D eigenvalue weighted by atomic mass is 9.94. The van der Waals surface area contributed by atoms with Crippen LogP contribution < -0.4 is 0 Å². The first-order valence-corrected chi connectivity index (χ1v) is 14.5. The molecular weight excluding hydrogens is 488 g/mol. The summed E-state index contributed by atoms with van der Waals surface area (Å²) in [5.41, 5.74) is 12.2. The monoisotopic (exact) mass is 526 g/mol. The predicted octanol–water partition coefficient (Wildman–Crippen LogP) is 8.18. The molecule has 2 heterocycles. The van der Waals surface area contributed by atoms with Crippen molar-refractivity contribution in [2.75, 3.05) is 0 Å². The van der Waals surface area contributed by atoms with Crippen molar-refractivity contribution in [2.45, 2.75) is 65.8 Å². The first-order chi connectivity index (χ1) is 18.0. The van der Waals surface area contributed by atoms with Crippen LogP contribution in [0.5, 0.6) is 0 Å². The maximum Gasteiger partial charge on any atom is 0.264 e. The number of nitrogens with zero attached hydrogens (tertiary/aromatic N) is 1. The second kappa shape index (κ2) is 11.0. The van der Waals surface area contributed by atoms with E-state index in [1.165, 1.54) is 43.4 Å². The molecule has 0 saturated heterocycles. The van der Waals surface area contributed by atoms with E-state index >= 15 is 0 Å². The van der Waals surface area contributed by atoms with Crippen LogP contribution in [0.3, 0.4) is 0 Å². The summed E-state index contributed by atoms with van der Waals surface area (Å²) >= 11 is 0. The molecule has 0 spiro atoms. The van der Waals surface area contributed by atoms with E-state index in [-0.39, 0.29) is 6.04 Å². The molecule has 5 heteroatoms. The minimum Gasteiger partial charge on any atom is -0.361 e. The highest BCUT2D eigenvalue weighted by molar-refractivity contribution is 7.89. The summed E-state index contributed by atoms with van der Waals surface area (Å²) in [6.07, 6.45) is 6.31. The molecule has 0 saturated carbocycles. The lowest BCUT2D eigenvalue weighted by molar-refractivity contribution is 0.432. The fraction of sp³-hybridized carbons (Fsp3) is 0.273. The van der Waals surface area contributed by atoms with E-state index in [9.17, 15) is 8.42 Å². The lowest BCUT2D eigenvalue weighted by Gasteiger charge is -2.27. The van der Waals surface area contributed by atoms with Gasteiger partial charge in [0.25, 0.3) is 10.0 Å². The minimum absolute atomic E-state index is 0.171. The zero-order chi connectivity index (χ0) is 27.6. The maximum absolute atomic E-state index is 13.1. The Balaban J connectivity index is 0.000000204. The number of nitrogens with one attached hydrogen (secondary N) is 1. The molecule has 1 atom stereocenters. The third-order valence-electron chi connectivity index (χ3n) is 7.43. The molecule has 1 aliphatic heterocycles. The van der Waals surface area contributed by atoms with E-state index in [1.807, 2.05) is 37.4 Å². The molecule has 0 bridgehead atoms. The first kappa shape index (κ1) is 27.5. The van der Waals surface area contributed by atoms with Crippen LogP contribution in [0.15, 0.2) is 84.0 Å². The third-order valence-corrected chi connectivity index (χ3v) is 9.23. The first-order valence-electron chi connectivity index (χ1n) is 13.0. The van der Waals surface area contributed by atoms with Crippen molar-refractivity contribution < 1.29 is 8.42 Å². The van der Waals surface area contributed by atoms with Crippen molar-refractivity contribution in [3.05, 3.63) is 124 Å². The minimum atomic E-state index is -3.55. The van der Waals surface area contributed by atoms with E-state index in [0.717, 1.165) is 16.7 Å². The van der Waals surface area contributed by atoms with Crippen LogP contribution in [0.25, 0.3) is 11.3 Å². The van der Waals surface area contributed by atoms with Gasteiger partial charge in [-0.3, -0.25) is 4.31 Å². The van der Waals surface area contributed by atoms with Crippen molar-refractivity contribution in [3.63, 3.8) is 0 Å². The van der Waals surface area contributed by atoms with E-state index < -0.39 is 10.0 Å². The molecule has 198 valence electrons. The Hall–Kier alpha value is -3.57. The SMILES string of the molecule is Cc1cc(C)c(C)c(-c2ccc[nH]2)c1.Cc1ccc(S(=O)(=O)N2C=CCC2c2cc(C)cc(C)c2C)cc1. The van der Waals surface area contributed by atoms with Crippen molar-refractivity contribution in [2.24, 2.45) is 0 Å². The van der Waals surface area contributed by atoms with Crippen molar-refractivity contribution in [3.8, 4) is 11.3 Å². The van der Waals surface area contributed by atoms with Gasteiger partial charge in [-0.25, -0.2) is 8.42 Å². The topological polar surface area (TPSA) is 53.2 Å². The number of H-pyrrole nitrogens is 1. The van der Waals surface area contributed by atoms with Gasteiger partial charge in [0.05, 0.1) is 10.9 Å². The Kier molecular flexibility index (Phi) is 7.98. The molecule has 1 aliphatic rings. The maximum atomic E-state index is 13.1. The molecule has 0 amide bonds. The highest BCUT2D eigenvalue weighted by Gasteiger charge is 2.33. The van der Waals surface area contributed by atoms with Crippen molar-refractivity contribution >= 4 is 10.0 Å².